The number of rotatable bonds is 7. The van der Waals surface area contributed by atoms with Crippen LogP contribution in [-0.2, 0) is 38.1 Å². The van der Waals surface area contributed by atoms with Gasteiger partial charge in [0.25, 0.3) is 0 Å². The predicted molar refractivity (Wildman–Crippen MR) is 109 cm³/mol. The van der Waals surface area contributed by atoms with Gasteiger partial charge in [0.05, 0.1) is 25.4 Å². The van der Waals surface area contributed by atoms with Crippen molar-refractivity contribution in [1.82, 2.24) is 0 Å². The Bertz CT molecular complexity index is 808. The summed E-state index contributed by atoms with van der Waals surface area (Å²) in [4.78, 5) is 48.7. The van der Waals surface area contributed by atoms with Crippen molar-refractivity contribution < 1.29 is 42.9 Å². The van der Waals surface area contributed by atoms with E-state index in [1.165, 1.54) is 39.6 Å². The average Bonchev–Trinajstić information content (AvgIpc) is 2.71. The summed E-state index contributed by atoms with van der Waals surface area (Å²) in [6.07, 6.45) is -3.09. The zero-order valence-electron chi connectivity index (χ0n) is 18.0. The first kappa shape index (κ1) is 24.5. The van der Waals surface area contributed by atoms with Crippen LogP contribution in [0.4, 0.5) is 0 Å². The van der Waals surface area contributed by atoms with Crippen LogP contribution in [-0.4, -0.2) is 61.7 Å². The van der Waals surface area contributed by atoms with Crippen LogP contribution in [0.5, 0.6) is 5.75 Å². The van der Waals surface area contributed by atoms with E-state index < -0.39 is 53.4 Å². The summed E-state index contributed by atoms with van der Waals surface area (Å²) in [5.74, 6) is -2.58. The highest BCUT2D eigenvalue weighted by molar-refractivity contribution is 8.00. The molecule has 0 aromatic heterocycles. The number of esters is 4. The van der Waals surface area contributed by atoms with Gasteiger partial charge in [0.15, 0.2) is 12.2 Å². The number of benzene rings is 1. The first-order valence-electron chi connectivity index (χ1n) is 9.56. The minimum atomic E-state index is -1.08. The quantitative estimate of drug-likeness (QED) is 0.448. The van der Waals surface area contributed by atoms with Gasteiger partial charge in [-0.2, -0.15) is 0 Å². The highest BCUT2D eigenvalue weighted by Crippen LogP contribution is 2.42. The van der Waals surface area contributed by atoms with Crippen LogP contribution in [0.25, 0.3) is 0 Å². The van der Waals surface area contributed by atoms with E-state index in [4.69, 9.17) is 23.7 Å². The number of hydrogen-bond donors (Lipinski definition) is 0. The maximum absolute atomic E-state index is 12.6. The maximum atomic E-state index is 12.6. The summed E-state index contributed by atoms with van der Waals surface area (Å²) in [5.41, 5.74) is 0. The van der Waals surface area contributed by atoms with Crippen molar-refractivity contribution in [3.63, 3.8) is 0 Å². The standard InChI is InChI=1S/C21H26O9S/c1-11(22)28-17-10-16(21(25)27-5)20(31-15-8-6-14(26-4)7-9-15)19(30-13(3)24)18(17)29-12(2)23/h6-9,16-20H,10H2,1-5H3/t16-,17+,18-,19-,20-/m0/s1. The molecule has 0 heterocycles. The molecule has 2 rings (SSSR count). The molecule has 9 nitrogen and oxygen atoms in total. The Hall–Kier alpha value is -2.75. The molecule has 1 aliphatic rings. The first-order valence-corrected chi connectivity index (χ1v) is 10.4. The molecular formula is C21H26O9S. The second kappa shape index (κ2) is 11.0. The molecule has 1 fully saturated rings. The topological polar surface area (TPSA) is 114 Å². The normalized spacial score (nSPS) is 25.1. The molecule has 1 aromatic rings. The lowest BCUT2D eigenvalue weighted by atomic mass is 9.82. The molecular weight excluding hydrogens is 428 g/mol. The highest BCUT2D eigenvalue weighted by atomic mass is 32.2. The molecule has 0 radical (unpaired) electrons. The lowest BCUT2D eigenvalue weighted by molar-refractivity contribution is -0.194. The Labute approximate surface area is 184 Å². The van der Waals surface area contributed by atoms with Gasteiger partial charge in [0.2, 0.25) is 0 Å². The first-order chi connectivity index (χ1) is 14.7. The third kappa shape index (κ3) is 6.61. The number of carbonyl (C=O) groups excluding carboxylic acids is 4. The lowest BCUT2D eigenvalue weighted by Gasteiger charge is -2.43. The number of thioether (sulfide) groups is 1. The van der Waals surface area contributed by atoms with Gasteiger partial charge in [-0.3, -0.25) is 19.2 Å². The molecule has 0 unspecified atom stereocenters. The predicted octanol–water partition coefficient (Wildman–Crippen LogP) is 2.14. The molecule has 0 spiro atoms. The monoisotopic (exact) mass is 454 g/mol. The molecule has 5 atom stereocenters. The third-order valence-corrected chi connectivity index (χ3v) is 6.07. The fourth-order valence-corrected chi connectivity index (χ4v) is 4.82. The summed E-state index contributed by atoms with van der Waals surface area (Å²) in [7, 11) is 2.80. The van der Waals surface area contributed by atoms with E-state index in [0.29, 0.717) is 5.75 Å². The summed E-state index contributed by atoms with van der Waals surface area (Å²) >= 11 is 1.27. The fourth-order valence-electron chi connectivity index (χ4n) is 3.48. The van der Waals surface area contributed by atoms with E-state index in [2.05, 4.69) is 0 Å². The second-order valence-electron chi connectivity index (χ2n) is 6.92. The summed E-state index contributed by atoms with van der Waals surface area (Å²) < 4.78 is 26.4. The van der Waals surface area contributed by atoms with Gasteiger partial charge in [-0.15, -0.1) is 11.8 Å². The number of hydrogen-bond acceptors (Lipinski definition) is 10. The molecule has 10 heteroatoms. The van der Waals surface area contributed by atoms with Crippen LogP contribution in [0.1, 0.15) is 27.2 Å². The number of ether oxygens (including phenoxy) is 5. The molecule has 170 valence electrons. The molecule has 31 heavy (non-hydrogen) atoms. The minimum absolute atomic E-state index is 0.0375. The van der Waals surface area contributed by atoms with Crippen LogP contribution in [0, 0.1) is 5.92 Å². The van der Waals surface area contributed by atoms with Crippen LogP contribution >= 0.6 is 11.8 Å². The largest absolute Gasteiger partial charge is 0.497 e. The molecule has 0 amide bonds. The fraction of sp³-hybridized carbons (Fsp3) is 0.524. The van der Waals surface area contributed by atoms with Crippen molar-refractivity contribution in [3.05, 3.63) is 24.3 Å². The third-order valence-electron chi connectivity index (χ3n) is 4.65. The maximum Gasteiger partial charge on any atom is 0.310 e. The molecule has 1 saturated carbocycles. The van der Waals surface area contributed by atoms with Crippen molar-refractivity contribution in [1.29, 1.82) is 0 Å². The van der Waals surface area contributed by atoms with Crippen LogP contribution < -0.4 is 4.74 Å². The van der Waals surface area contributed by atoms with Gasteiger partial charge in [-0.1, -0.05) is 0 Å². The second-order valence-corrected chi connectivity index (χ2v) is 8.17. The molecule has 0 N–H and O–H groups in total. The van der Waals surface area contributed by atoms with Crippen molar-refractivity contribution >= 4 is 35.6 Å². The Morgan fingerprint density at radius 1 is 0.839 bits per heavy atom. The van der Waals surface area contributed by atoms with E-state index in [-0.39, 0.29) is 6.42 Å². The molecule has 0 aliphatic heterocycles. The van der Waals surface area contributed by atoms with Gasteiger partial charge >= 0.3 is 23.9 Å². The zero-order valence-corrected chi connectivity index (χ0v) is 18.8. The van der Waals surface area contributed by atoms with Crippen LogP contribution in [0.2, 0.25) is 0 Å². The van der Waals surface area contributed by atoms with E-state index >= 15 is 0 Å². The number of methoxy groups -OCH3 is 2. The van der Waals surface area contributed by atoms with Gasteiger partial charge in [-0.25, -0.2) is 0 Å². The van der Waals surface area contributed by atoms with E-state index in [1.807, 2.05) is 0 Å². The lowest BCUT2D eigenvalue weighted by Crippen LogP contribution is -2.58. The van der Waals surface area contributed by atoms with Gasteiger partial charge in [-0.05, 0) is 24.3 Å². The van der Waals surface area contributed by atoms with Gasteiger partial charge < -0.3 is 23.7 Å². The van der Waals surface area contributed by atoms with Crippen molar-refractivity contribution in [2.75, 3.05) is 14.2 Å². The number of carbonyl (C=O) groups is 4. The summed E-state index contributed by atoms with van der Waals surface area (Å²) in [6, 6.07) is 7.10. The van der Waals surface area contributed by atoms with Crippen molar-refractivity contribution in [2.45, 2.75) is 55.6 Å². The minimum Gasteiger partial charge on any atom is -0.497 e. The van der Waals surface area contributed by atoms with Crippen molar-refractivity contribution in [2.24, 2.45) is 5.92 Å². The zero-order chi connectivity index (χ0) is 23.1. The van der Waals surface area contributed by atoms with E-state index in [9.17, 15) is 19.2 Å². The molecule has 1 aliphatic carbocycles. The van der Waals surface area contributed by atoms with Gasteiger partial charge in [0.1, 0.15) is 11.9 Å². The van der Waals surface area contributed by atoms with Crippen LogP contribution in [0.15, 0.2) is 29.2 Å². The summed E-state index contributed by atoms with van der Waals surface area (Å²) in [5, 5.41) is -0.666. The van der Waals surface area contributed by atoms with Gasteiger partial charge in [0, 0.05) is 32.1 Å². The smallest absolute Gasteiger partial charge is 0.310 e. The SMILES string of the molecule is COC(=O)[C@H]1C[C@@H](OC(C)=O)[C@H](OC(C)=O)[C@H](OC(C)=O)[C@H]1Sc1ccc(OC)cc1. The van der Waals surface area contributed by atoms with E-state index in [0.717, 1.165) is 4.90 Å². The van der Waals surface area contributed by atoms with Crippen molar-refractivity contribution in [3.8, 4) is 5.75 Å². The molecule has 0 bridgehead atoms. The highest BCUT2D eigenvalue weighted by Gasteiger charge is 2.53. The van der Waals surface area contributed by atoms with Crippen LogP contribution in [0.3, 0.4) is 0 Å². The van der Waals surface area contributed by atoms with E-state index in [1.54, 1.807) is 31.4 Å². The Balaban J connectivity index is 2.49. The Morgan fingerprint density at radius 3 is 1.87 bits per heavy atom. The Morgan fingerprint density at radius 2 is 1.39 bits per heavy atom. The Kier molecular flexibility index (Phi) is 8.73. The molecule has 1 aromatic carbocycles. The average molecular weight is 454 g/mol. The summed E-state index contributed by atoms with van der Waals surface area (Å²) in [6.45, 7) is 3.62. The molecule has 0 saturated heterocycles.